The number of fused-ring (bicyclic) bond motifs is 1. The van der Waals surface area contributed by atoms with Gasteiger partial charge in [0, 0.05) is 21.2 Å². The van der Waals surface area contributed by atoms with E-state index < -0.39 is 0 Å². The smallest absolute Gasteiger partial charge is 0.251 e. The second-order valence-corrected chi connectivity index (χ2v) is 8.06. The van der Waals surface area contributed by atoms with Crippen LogP contribution in [0.4, 0.5) is 0 Å². The molecule has 1 amide bonds. The highest BCUT2D eigenvalue weighted by atomic mass is 127. The van der Waals surface area contributed by atoms with E-state index in [4.69, 9.17) is 4.42 Å². The van der Waals surface area contributed by atoms with Gasteiger partial charge < -0.3 is 9.73 Å². The van der Waals surface area contributed by atoms with Gasteiger partial charge in [-0.1, -0.05) is 12.1 Å². The van der Waals surface area contributed by atoms with Crippen molar-refractivity contribution < 1.29 is 9.21 Å². The number of nitrogens with one attached hydrogen (secondary N) is 1. The van der Waals surface area contributed by atoms with E-state index in [-0.39, 0.29) is 5.91 Å². The molecule has 1 aromatic heterocycles. The first kappa shape index (κ1) is 18.7. The average molecular weight is 482 g/mol. The van der Waals surface area contributed by atoms with Crippen molar-refractivity contribution in [2.45, 2.75) is 20.4 Å². The molecule has 4 rings (SSSR count). The summed E-state index contributed by atoms with van der Waals surface area (Å²) >= 11 is 2.22. The molecule has 0 saturated heterocycles. The minimum atomic E-state index is -0.0785. The topological polar surface area (TPSA) is 55.1 Å². The Hall–Kier alpha value is -2.67. The minimum Gasteiger partial charge on any atom is -0.436 e. The maximum absolute atomic E-state index is 12.2. The third-order valence-corrected chi connectivity index (χ3v) is 5.48. The number of carbonyl (C=O) groups excluding carboxylic acids is 1. The van der Waals surface area contributed by atoms with E-state index in [1.165, 1.54) is 11.1 Å². The van der Waals surface area contributed by atoms with E-state index in [1.54, 1.807) is 0 Å². The Bertz CT molecular complexity index is 1110. The van der Waals surface area contributed by atoms with Crippen LogP contribution in [0, 0.1) is 17.4 Å². The highest BCUT2D eigenvalue weighted by Gasteiger charge is 2.10. The highest BCUT2D eigenvalue weighted by molar-refractivity contribution is 14.1. The number of oxazole rings is 1. The molecule has 1 N–H and O–H groups in total. The second-order valence-electron chi connectivity index (χ2n) is 6.81. The van der Waals surface area contributed by atoms with E-state index >= 15 is 0 Å². The Morgan fingerprint density at radius 3 is 2.39 bits per heavy atom. The quantitative estimate of drug-likeness (QED) is 0.383. The van der Waals surface area contributed by atoms with Crippen LogP contribution in [0.5, 0.6) is 0 Å². The molecule has 0 aliphatic rings. The zero-order valence-electron chi connectivity index (χ0n) is 15.6. The van der Waals surface area contributed by atoms with Gasteiger partial charge in [-0.05, 0) is 102 Å². The molecule has 4 nitrogen and oxygen atoms in total. The number of aromatic nitrogens is 1. The number of amides is 1. The van der Waals surface area contributed by atoms with Crippen LogP contribution in [0.15, 0.2) is 65.1 Å². The van der Waals surface area contributed by atoms with Gasteiger partial charge in [0.25, 0.3) is 5.91 Å². The fourth-order valence-corrected chi connectivity index (χ4v) is 3.31. The molecule has 0 bridgehead atoms. The molecule has 140 valence electrons. The lowest BCUT2D eigenvalue weighted by molar-refractivity contribution is 0.0951. The molecular formula is C23H19IN2O2. The molecule has 28 heavy (non-hydrogen) atoms. The lowest BCUT2D eigenvalue weighted by atomic mass is 10.1. The van der Waals surface area contributed by atoms with Crippen LogP contribution >= 0.6 is 22.6 Å². The Balaban J connectivity index is 1.46. The van der Waals surface area contributed by atoms with Crippen LogP contribution in [0.25, 0.3) is 22.6 Å². The highest BCUT2D eigenvalue weighted by Crippen LogP contribution is 2.26. The summed E-state index contributed by atoms with van der Waals surface area (Å²) in [5.41, 5.74) is 6.65. The fourth-order valence-electron chi connectivity index (χ4n) is 2.95. The summed E-state index contributed by atoms with van der Waals surface area (Å²) in [6.07, 6.45) is 0. The summed E-state index contributed by atoms with van der Waals surface area (Å²) < 4.78 is 7.02. The number of hydrogen-bond donors (Lipinski definition) is 1. The number of halogens is 1. The van der Waals surface area contributed by atoms with Crippen molar-refractivity contribution in [1.29, 1.82) is 0 Å². The second kappa shape index (κ2) is 7.75. The minimum absolute atomic E-state index is 0.0785. The van der Waals surface area contributed by atoms with Gasteiger partial charge in [0.2, 0.25) is 5.89 Å². The largest absolute Gasteiger partial charge is 0.436 e. The first-order chi connectivity index (χ1) is 13.5. The van der Waals surface area contributed by atoms with Crippen LogP contribution in [-0.2, 0) is 6.54 Å². The number of hydrogen-bond acceptors (Lipinski definition) is 3. The molecule has 4 aromatic rings. The van der Waals surface area contributed by atoms with Gasteiger partial charge in [0.1, 0.15) is 5.52 Å². The molecule has 0 spiro atoms. The molecule has 0 atom stereocenters. The van der Waals surface area contributed by atoms with Crippen molar-refractivity contribution in [2.24, 2.45) is 0 Å². The van der Waals surface area contributed by atoms with Crippen LogP contribution in [-0.4, -0.2) is 10.9 Å². The Kier molecular flexibility index (Phi) is 5.17. The summed E-state index contributed by atoms with van der Waals surface area (Å²) in [5, 5.41) is 2.95. The average Bonchev–Trinajstić information content (AvgIpc) is 3.10. The lowest BCUT2D eigenvalue weighted by Crippen LogP contribution is -2.22. The van der Waals surface area contributed by atoms with Crippen LogP contribution in [0.3, 0.4) is 0 Å². The van der Waals surface area contributed by atoms with Gasteiger partial charge in [-0.2, -0.15) is 0 Å². The fraction of sp³-hybridized carbons (Fsp3) is 0.130. The molecule has 0 aliphatic carbocycles. The Morgan fingerprint density at radius 1 is 1.00 bits per heavy atom. The molecule has 1 heterocycles. The van der Waals surface area contributed by atoms with Gasteiger partial charge in [-0.15, -0.1) is 0 Å². The normalized spacial score (nSPS) is 11.0. The number of aryl methyl sites for hydroxylation is 2. The van der Waals surface area contributed by atoms with Crippen LogP contribution in [0.2, 0.25) is 0 Å². The summed E-state index contributed by atoms with van der Waals surface area (Å²) in [6, 6.07) is 19.5. The maximum Gasteiger partial charge on any atom is 0.251 e. The lowest BCUT2D eigenvalue weighted by Gasteiger charge is -2.06. The predicted molar refractivity (Wildman–Crippen MR) is 119 cm³/mol. The molecule has 0 unspecified atom stereocenters. The summed E-state index contributed by atoms with van der Waals surface area (Å²) in [5.74, 6) is 0.527. The third-order valence-electron chi connectivity index (χ3n) is 4.76. The first-order valence-electron chi connectivity index (χ1n) is 9.00. The zero-order valence-corrected chi connectivity index (χ0v) is 17.8. The number of nitrogens with zero attached hydrogens (tertiary/aromatic N) is 1. The van der Waals surface area contributed by atoms with Crippen molar-refractivity contribution in [2.75, 3.05) is 0 Å². The molecule has 5 heteroatoms. The first-order valence-corrected chi connectivity index (χ1v) is 10.1. The van der Waals surface area contributed by atoms with Gasteiger partial charge in [0.15, 0.2) is 5.58 Å². The van der Waals surface area contributed by atoms with Crippen molar-refractivity contribution in [3.8, 4) is 11.5 Å². The zero-order chi connectivity index (χ0) is 19.7. The van der Waals surface area contributed by atoms with Gasteiger partial charge >= 0.3 is 0 Å². The summed E-state index contributed by atoms with van der Waals surface area (Å²) in [6.45, 7) is 4.61. The molecular weight excluding hydrogens is 463 g/mol. The van der Waals surface area contributed by atoms with E-state index in [9.17, 15) is 4.79 Å². The SMILES string of the molecule is Cc1cc2nc(-c3ccc(CNC(=O)c4ccc(I)cc4)cc3)oc2cc1C. The molecule has 0 radical (unpaired) electrons. The third kappa shape index (κ3) is 3.94. The van der Waals surface area contributed by atoms with Crippen molar-refractivity contribution in [1.82, 2.24) is 10.3 Å². The van der Waals surface area contributed by atoms with Crippen LogP contribution < -0.4 is 5.32 Å². The van der Waals surface area contributed by atoms with E-state index in [2.05, 4.69) is 46.7 Å². The molecule has 0 saturated carbocycles. The number of rotatable bonds is 4. The maximum atomic E-state index is 12.2. The van der Waals surface area contributed by atoms with Gasteiger partial charge in [-0.25, -0.2) is 4.98 Å². The van der Waals surface area contributed by atoms with Crippen molar-refractivity contribution in [3.05, 3.63) is 86.5 Å². The Morgan fingerprint density at radius 2 is 1.68 bits per heavy atom. The van der Waals surface area contributed by atoms with E-state index in [0.717, 1.165) is 25.8 Å². The van der Waals surface area contributed by atoms with Gasteiger partial charge in [0.05, 0.1) is 0 Å². The van der Waals surface area contributed by atoms with Crippen molar-refractivity contribution >= 4 is 39.6 Å². The van der Waals surface area contributed by atoms with Crippen LogP contribution in [0.1, 0.15) is 27.0 Å². The number of benzene rings is 3. The summed E-state index contributed by atoms with van der Waals surface area (Å²) in [7, 11) is 0. The van der Waals surface area contributed by atoms with E-state index in [1.807, 2.05) is 60.7 Å². The Labute approximate surface area is 177 Å². The monoisotopic (exact) mass is 482 g/mol. The number of carbonyl (C=O) groups is 1. The predicted octanol–water partition coefficient (Wildman–Crippen LogP) is 5.65. The molecule has 0 aliphatic heterocycles. The molecule has 3 aromatic carbocycles. The molecule has 0 fully saturated rings. The van der Waals surface area contributed by atoms with Crippen molar-refractivity contribution in [3.63, 3.8) is 0 Å². The van der Waals surface area contributed by atoms with E-state index in [0.29, 0.717) is 18.0 Å². The standard InChI is InChI=1S/C23H19IN2O2/c1-14-11-20-21(12-15(14)2)28-23(26-20)18-5-3-16(4-6-18)13-25-22(27)17-7-9-19(24)10-8-17/h3-12H,13H2,1-2H3,(H,25,27). The van der Waals surface area contributed by atoms with Gasteiger partial charge in [-0.3, -0.25) is 4.79 Å². The summed E-state index contributed by atoms with van der Waals surface area (Å²) in [4.78, 5) is 16.8.